The number of carbonyl (C=O) groups is 2. The Labute approximate surface area is 221 Å². The molecule has 0 spiro atoms. The number of hydrogen-bond donors (Lipinski definition) is 1. The van der Waals surface area contributed by atoms with Gasteiger partial charge in [-0.05, 0) is 48.4 Å². The topological polar surface area (TPSA) is 88.5 Å². The molecule has 0 aromatic heterocycles. The molecule has 1 saturated heterocycles. The highest BCUT2D eigenvalue weighted by atomic mass is 16.6. The molecule has 196 valence electrons. The Bertz CT molecular complexity index is 1400. The number of fused-ring (bicyclic) bond motifs is 1. The van der Waals surface area contributed by atoms with Crippen LogP contribution >= 0.6 is 0 Å². The minimum absolute atomic E-state index is 0.00938. The van der Waals surface area contributed by atoms with Crippen LogP contribution in [0.1, 0.15) is 30.5 Å². The minimum Gasteiger partial charge on any atom is -0.507 e. The molecule has 8 heteroatoms. The minimum atomic E-state index is -0.853. The zero-order chi connectivity index (χ0) is 26.8. The third-order valence-electron chi connectivity index (χ3n) is 6.55. The molecule has 0 aliphatic carbocycles. The van der Waals surface area contributed by atoms with Crippen LogP contribution in [0.5, 0.6) is 17.2 Å². The van der Waals surface area contributed by atoms with Gasteiger partial charge in [-0.2, -0.15) is 0 Å². The van der Waals surface area contributed by atoms with Gasteiger partial charge in [-0.3, -0.25) is 14.5 Å². The maximum atomic E-state index is 13.5. The van der Waals surface area contributed by atoms with E-state index < -0.39 is 17.7 Å². The molecule has 0 saturated carbocycles. The van der Waals surface area contributed by atoms with E-state index in [2.05, 4.69) is 0 Å². The average molecular weight is 515 g/mol. The number of rotatable bonds is 7. The van der Waals surface area contributed by atoms with E-state index >= 15 is 0 Å². The van der Waals surface area contributed by atoms with Gasteiger partial charge in [-0.15, -0.1) is 0 Å². The molecule has 5 rings (SSSR count). The Morgan fingerprint density at radius 2 is 1.74 bits per heavy atom. The molecule has 38 heavy (non-hydrogen) atoms. The molecule has 2 aliphatic rings. The summed E-state index contributed by atoms with van der Waals surface area (Å²) in [5, 5.41) is 11.5. The lowest BCUT2D eigenvalue weighted by Gasteiger charge is -2.27. The van der Waals surface area contributed by atoms with Crippen molar-refractivity contribution in [2.45, 2.75) is 19.4 Å². The summed E-state index contributed by atoms with van der Waals surface area (Å²) in [6.07, 6.45) is 0.833. The highest BCUT2D eigenvalue weighted by Crippen LogP contribution is 2.45. The Morgan fingerprint density at radius 3 is 2.45 bits per heavy atom. The van der Waals surface area contributed by atoms with E-state index in [1.807, 2.05) is 50.2 Å². The van der Waals surface area contributed by atoms with Gasteiger partial charge in [0, 0.05) is 37.1 Å². The van der Waals surface area contributed by atoms with Crippen molar-refractivity contribution in [2.24, 2.45) is 0 Å². The second kappa shape index (κ2) is 10.5. The van der Waals surface area contributed by atoms with Crippen LogP contribution in [0, 0.1) is 0 Å². The number of hydrogen-bond acceptors (Lipinski definition) is 7. The van der Waals surface area contributed by atoms with Crippen molar-refractivity contribution in [2.75, 3.05) is 43.7 Å². The summed E-state index contributed by atoms with van der Waals surface area (Å²) in [7, 11) is 3.87. The number of benzene rings is 3. The molecule has 8 nitrogen and oxygen atoms in total. The third kappa shape index (κ3) is 4.65. The third-order valence-corrected chi connectivity index (χ3v) is 6.55. The molecular weight excluding hydrogens is 484 g/mol. The van der Waals surface area contributed by atoms with Crippen molar-refractivity contribution in [1.82, 2.24) is 0 Å². The maximum absolute atomic E-state index is 13.5. The molecule has 0 bridgehead atoms. The first-order valence-corrected chi connectivity index (χ1v) is 12.6. The fourth-order valence-electron chi connectivity index (χ4n) is 4.66. The van der Waals surface area contributed by atoms with Gasteiger partial charge in [0.25, 0.3) is 11.7 Å². The number of anilines is 2. The average Bonchev–Trinajstić information content (AvgIpc) is 3.21. The SMILES string of the molecule is CCCOc1cccc(/C(O)=C2\C(=O)C(=O)N(c3ccc4c(c3)OCCO4)C2c2ccc(N(C)C)cc2)c1. The highest BCUT2D eigenvalue weighted by Gasteiger charge is 2.47. The van der Waals surface area contributed by atoms with E-state index in [1.54, 1.807) is 42.5 Å². The molecule has 3 aromatic carbocycles. The lowest BCUT2D eigenvalue weighted by molar-refractivity contribution is -0.132. The Kier molecular flexibility index (Phi) is 6.96. The van der Waals surface area contributed by atoms with Crippen LogP contribution in [0.25, 0.3) is 5.76 Å². The standard InChI is InChI=1S/C30H30N2O6/c1-4-14-36-23-7-5-6-20(17-23)28(33)26-27(19-8-10-21(11-9-19)31(2)3)32(30(35)29(26)34)22-12-13-24-25(18-22)38-16-15-37-24/h5-13,17-18,27,33H,4,14-16H2,1-3H3/b28-26+. The Hall–Kier alpha value is -4.46. The molecule has 1 unspecified atom stereocenters. The first-order valence-electron chi connectivity index (χ1n) is 12.6. The first-order chi connectivity index (χ1) is 18.4. The largest absolute Gasteiger partial charge is 0.507 e. The van der Waals surface area contributed by atoms with Gasteiger partial charge in [-0.1, -0.05) is 31.2 Å². The number of carbonyl (C=O) groups excluding carboxylic acids is 2. The summed E-state index contributed by atoms with van der Waals surface area (Å²) < 4.78 is 17.1. The number of nitrogens with zero attached hydrogens (tertiary/aromatic N) is 2. The van der Waals surface area contributed by atoms with Crippen molar-refractivity contribution in [3.63, 3.8) is 0 Å². The highest BCUT2D eigenvalue weighted by molar-refractivity contribution is 6.51. The second-order valence-electron chi connectivity index (χ2n) is 9.36. The van der Waals surface area contributed by atoms with E-state index in [0.717, 1.165) is 12.1 Å². The van der Waals surface area contributed by atoms with Gasteiger partial charge in [-0.25, -0.2) is 0 Å². The van der Waals surface area contributed by atoms with Gasteiger partial charge in [0.1, 0.15) is 24.7 Å². The molecular formula is C30H30N2O6. The first kappa shape index (κ1) is 25.2. The molecule has 2 aliphatic heterocycles. The monoisotopic (exact) mass is 514 g/mol. The van der Waals surface area contributed by atoms with Crippen LogP contribution in [0.15, 0.2) is 72.3 Å². The van der Waals surface area contributed by atoms with E-state index in [4.69, 9.17) is 14.2 Å². The summed E-state index contributed by atoms with van der Waals surface area (Å²) in [4.78, 5) is 30.4. The predicted octanol–water partition coefficient (Wildman–Crippen LogP) is 4.94. The van der Waals surface area contributed by atoms with E-state index in [0.29, 0.717) is 53.9 Å². The lowest BCUT2D eigenvalue weighted by Crippen LogP contribution is -2.29. The fraction of sp³-hybridized carbons (Fsp3) is 0.267. The van der Waals surface area contributed by atoms with E-state index in [-0.39, 0.29) is 11.3 Å². The van der Waals surface area contributed by atoms with Gasteiger partial charge < -0.3 is 24.2 Å². The van der Waals surface area contributed by atoms with Crippen LogP contribution in [-0.4, -0.2) is 50.7 Å². The predicted molar refractivity (Wildman–Crippen MR) is 145 cm³/mol. The zero-order valence-corrected chi connectivity index (χ0v) is 21.6. The molecule has 3 aromatic rings. The van der Waals surface area contributed by atoms with Gasteiger partial charge in [0.15, 0.2) is 11.5 Å². The van der Waals surface area contributed by atoms with Crippen LogP contribution < -0.4 is 24.0 Å². The van der Waals surface area contributed by atoms with E-state index in [1.165, 1.54) is 4.90 Å². The summed E-state index contributed by atoms with van der Waals surface area (Å²) >= 11 is 0. The second-order valence-corrected chi connectivity index (χ2v) is 9.36. The summed E-state index contributed by atoms with van der Waals surface area (Å²) in [6.45, 7) is 3.36. The van der Waals surface area contributed by atoms with Crippen molar-refractivity contribution < 1.29 is 28.9 Å². The van der Waals surface area contributed by atoms with Crippen LogP contribution in [0.2, 0.25) is 0 Å². The van der Waals surface area contributed by atoms with Crippen LogP contribution in [-0.2, 0) is 9.59 Å². The molecule has 1 atom stereocenters. The Balaban J connectivity index is 1.65. The number of aliphatic hydroxyl groups excluding tert-OH is 1. The number of ether oxygens (including phenoxy) is 3. The fourth-order valence-corrected chi connectivity index (χ4v) is 4.66. The summed E-state index contributed by atoms with van der Waals surface area (Å²) in [6, 6.07) is 18.8. The zero-order valence-electron chi connectivity index (χ0n) is 21.6. The molecule has 1 N–H and O–H groups in total. The Morgan fingerprint density at radius 1 is 1.00 bits per heavy atom. The summed E-state index contributed by atoms with van der Waals surface area (Å²) in [5.74, 6) is -0.108. The number of aliphatic hydroxyl groups is 1. The molecule has 1 amide bonds. The number of amides is 1. The number of ketones is 1. The van der Waals surface area contributed by atoms with Crippen molar-refractivity contribution in [3.8, 4) is 17.2 Å². The van der Waals surface area contributed by atoms with Crippen molar-refractivity contribution in [3.05, 3.63) is 83.4 Å². The quantitative estimate of drug-likeness (QED) is 0.271. The smallest absolute Gasteiger partial charge is 0.300 e. The molecule has 2 heterocycles. The van der Waals surface area contributed by atoms with Gasteiger partial charge >= 0.3 is 0 Å². The van der Waals surface area contributed by atoms with Crippen LogP contribution in [0.4, 0.5) is 11.4 Å². The van der Waals surface area contributed by atoms with Crippen LogP contribution in [0.3, 0.4) is 0 Å². The van der Waals surface area contributed by atoms with E-state index in [9.17, 15) is 14.7 Å². The lowest BCUT2D eigenvalue weighted by atomic mass is 9.94. The summed E-state index contributed by atoms with van der Waals surface area (Å²) in [5.41, 5.74) is 2.52. The maximum Gasteiger partial charge on any atom is 0.300 e. The number of Topliss-reactive ketones (excluding diaryl/α,β-unsaturated/α-hetero) is 1. The van der Waals surface area contributed by atoms with Gasteiger partial charge in [0.05, 0.1) is 18.2 Å². The molecule has 0 radical (unpaired) electrons. The van der Waals surface area contributed by atoms with Crippen molar-refractivity contribution in [1.29, 1.82) is 0 Å². The van der Waals surface area contributed by atoms with Crippen molar-refractivity contribution >= 4 is 28.8 Å². The normalized spacial score (nSPS) is 18.0. The van der Waals surface area contributed by atoms with Gasteiger partial charge in [0.2, 0.25) is 0 Å². The molecule has 1 fully saturated rings.